The average molecular weight is 732 g/mol. The Morgan fingerprint density at radius 1 is 0.827 bits per heavy atom. The van der Waals surface area contributed by atoms with Gasteiger partial charge >= 0.3 is 5.97 Å². The van der Waals surface area contributed by atoms with Crippen molar-refractivity contribution >= 4 is 11.8 Å². The lowest BCUT2D eigenvalue weighted by Crippen LogP contribution is -2.59. The van der Waals surface area contributed by atoms with Crippen LogP contribution in [0.15, 0.2) is 23.3 Å². The third-order valence-electron chi connectivity index (χ3n) is 13.4. The minimum Gasteiger partial charge on any atom is -0.462 e. The maximum absolute atomic E-state index is 14.7. The summed E-state index contributed by atoms with van der Waals surface area (Å²) >= 11 is 0. The molecule has 0 aromatic rings. The zero-order chi connectivity index (χ0) is 37.3. The first-order valence-corrected chi connectivity index (χ1v) is 20.0. The topological polar surface area (TPSA) is 120 Å². The number of carbonyl (C=O) groups excluding carboxylic acids is 2. The van der Waals surface area contributed by atoms with Gasteiger partial charge in [-0.1, -0.05) is 31.6 Å². The van der Waals surface area contributed by atoms with E-state index >= 15 is 0 Å². The van der Waals surface area contributed by atoms with Crippen LogP contribution in [0.25, 0.3) is 0 Å². The molecule has 1 N–H and O–H groups in total. The smallest absolute Gasteiger partial charge is 0.306 e. The zero-order valence-electron chi connectivity index (χ0n) is 32.9. The van der Waals surface area contributed by atoms with Gasteiger partial charge < -0.3 is 43.2 Å². The summed E-state index contributed by atoms with van der Waals surface area (Å²) in [6, 6.07) is 0.286. The van der Waals surface area contributed by atoms with Crippen molar-refractivity contribution in [1.29, 1.82) is 0 Å². The van der Waals surface area contributed by atoms with Crippen LogP contribution in [0.3, 0.4) is 0 Å². The van der Waals surface area contributed by atoms with E-state index in [2.05, 4.69) is 38.2 Å². The molecule has 0 amide bonds. The normalized spacial score (nSPS) is 45.8. The molecule has 17 atom stereocenters. The number of cyclic esters (lactones) is 1. The first kappa shape index (κ1) is 40.0. The molecule has 0 radical (unpaired) electrons. The summed E-state index contributed by atoms with van der Waals surface area (Å²) < 4.78 is 49.6. The number of ketones is 1. The Hall–Kier alpha value is -1.70. The van der Waals surface area contributed by atoms with E-state index in [1.807, 2.05) is 20.9 Å². The molecule has 6 aliphatic rings. The second-order valence-corrected chi connectivity index (χ2v) is 16.3. The molecule has 0 aromatic heterocycles. The Balaban J connectivity index is 1.23. The molecule has 11 heteroatoms. The Morgan fingerprint density at radius 2 is 1.58 bits per heavy atom. The summed E-state index contributed by atoms with van der Waals surface area (Å²) in [6.45, 7) is 10.3. The highest BCUT2D eigenvalue weighted by Gasteiger charge is 2.53. The standard InChI is InChI=1S/C41H65NO10/c1-10-25-12-11-13-34(52-36-15-14-33(42-6)23(4)48-36)22(3)37(44)32-19-30-28(31(32)20-35(43)50-25)16-21(2)27-17-26(18-29(27)30)51-41-40(47-9)39(46-8)38(45-7)24(5)49-41/h16,19,22-31,33-34,36,38-42H,10-15,17-18,20H2,1-9H3/t22-,23?,24?,25+,26-,27?,28?,29-,30-,31+,33+,34+,36+,38+,39?,40+,41+/m1/s1. The number of Topliss-reactive ketones (excluding diaryl/α,β-unsaturated/α-hetero) is 1. The van der Waals surface area contributed by atoms with Crippen molar-refractivity contribution < 1.29 is 47.5 Å². The van der Waals surface area contributed by atoms with E-state index in [9.17, 15) is 9.59 Å². The van der Waals surface area contributed by atoms with Gasteiger partial charge in [-0.2, -0.15) is 0 Å². The van der Waals surface area contributed by atoms with E-state index in [0.717, 1.165) is 50.5 Å². The Morgan fingerprint density at radius 3 is 2.25 bits per heavy atom. The van der Waals surface area contributed by atoms with Gasteiger partial charge in [-0.05, 0) is 108 Å². The van der Waals surface area contributed by atoms with Crippen LogP contribution in [0.2, 0.25) is 0 Å². The lowest BCUT2D eigenvalue weighted by atomic mass is 9.67. The SMILES string of the molecule is CC[C@H]1CCC[C@H](O[C@H]2CC[C@H](NC)C(C)O2)[C@@H](C)C(=O)C2=C[C@@H]3C(C=C(C)C4C[C@@H](O[C@@H]5OC(C)[C@H](OC)C(OC)[C@@H]5OC)C[C@H]43)[C@@H]2CC(=O)O1. The Labute approximate surface area is 311 Å². The van der Waals surface area contributed by atoms with Crippen LogP contribution in [-0.4, -0.2) is 108 Å². The number of likely N-dealkylation sites (N-methyl/N-ethyl adjacent to an activating group) is 1. The van der Waals surface area contributed by atoms with Crippen molar-refractivity contribution in [2.75, 3.05) is 28.4 Å². The summed E-state index contributed by atoms with van der Waals surface area (Å²) in [5, 5.41) is 3.34. The number of methoxy groups -OCH3 is 3. The first-order chi connectivity index (χ1) is 25.0. The molecular formula is C41H65NO10. The number of rotatable bonds is 9. The van der Waals surface area contributed by atoms with Crippen molar-refractivity contribution in [2.45, 2.75) is 160 Å². The third-order valence-corrected chi connectivity index (χ3v) is 13.4. The van der Waals surface area contributed by atoms with E-state index in [4.69, 9.17) is 37.9 Å². The average Bonchev–Trinajstić information content (AvgIpc) is 3.71. The fourth-order valence-electron chi connectivity index (χ4n) is 10.5. The predicted molar refractivity (Wildman–Crippen MR) is 194 cm³/mol. The quantitative estimate of drug-likeness (QED) is 0.238. The highest BCUT2D eigenvalue weighted by molar-refractivity contribution is 5.99. The van der Waals surface area contributed by atoms with Gasteiger partial charge in [-0.15, -0.1) is 0 Å². The lowest BCUT2D eigenvalue weighted by molar-refractivity contribution is -0.314. The molecule has 11 nitrogen and oxygen atoms in total. The van der Waals surface area contributed by atoms with Crippen LogP contribution in [0.4, 0.5) is 0 Å². The Bertz CT molecular complexity index is 1300. The number of esters is 1. The fraction of sp³-hybridized carbons (Fsp3) is 0.854. The molecule has 0 aromatic carbocycles. The second-order valence-electron chi connectivity index (χ2n) is 16.3. The van der Waals surface area contributed by atoms with Crippen molar-refractivity contribution in [2.24, 2.45) is 35.5 Å². The minimum atomic E-state index is -0.598. The van der Waals surface area contributed by atoms with Crippen molar-refractivity contribution in [1.82, 2.24) is 5.32 Å². The van der Waals surface area contributed by atoms with Gasteiger partial charge in [-0.25, -0.2) is 0 Å². The molecule has 52 heavy (non-hydrogen) atoms. The van der Waals surface area contributed by atoms with Gasteiger partial charge in [0.1, 0.15) is 24.4 Å². The molecule has 1 saturated carbocycles. The van der Waals surface area contributed by atoms with Crippen LogP contribution in [0.1, 0.15) is 92.4 Å². The maximum Gasteiger partial charge on any atom is 0.306 e. The summed E-state index contributed by atoms with van der Waals surface area (Å²) in [6.07, 6.45) is 8.51. The molecule has 3 heterocycles. The molecule has 6 rings (SSSR count). The van der Waals surface area contributed by atoms with Gasteiger partial charge in [0.25, 0.3) is 0 Å². The molecule has 0 bridgehead atoms. The summed E-state index contributed by atoms with van der Waals surface area (Å²) in [7, 11) is 6.95. The van der Waals surface area contributed by atoms with Gasteiger partial charge in [0.2, 0.25) is 0 Å². The van der Waals surface area contributed by atoms with Gasteiger partial charge in [0, 0.05) is 39.2 Å². The van der Waals surface area contributed by atoms with Crippen LogP contribution < -0.4 is 5.32 Å². The molecule has 3 aliphatic heterocycles. The van der Waals surface area contributed by atoms with Gasteiger partial charge in [0.15, 0.2) is 18.4 Å². The minimum absolute atomic E-state index is 0.0225. The first-order valence-electron chi connectivity index (χ1n) is 20.0. The third kappa shape index (κ3) is 8.13. The summed E-state index contributed by atoms with van der Waals surface area (Å²) in [4.78, 5) is 28.2. The van der Waals surface area contributed by atoms with E-state index in [-0.39, 0.29) is 103 Å². The number of carbonyl (C=O) groups is 2. The lowest BCUT2D eigenvalue weighted by Gasteiger charge is -2.44. The van der Waals surface area contributed by atoms with Crippen molar-refractivity contribution in [3.05, 3.63) is 23.3 Å². The van der Waals surface area contributed by atoms with Crippen LogP contribution in [-0.2, 0) is 47.5 Å². The fourth-order valence-corrected chi connectivity index (χ4v) is 10.5. The summed E-state index contributed by atoms with van der Waals surface area (Å²) in [5.74, 6) is 0.00809. The molecule has 4 fully saturated rings. The maximum atomic E-state index is 14.7. The highest BCUT2D eigenvalue weighted by atomic mass is 16.7. The second kappa shape index (κ2) is 17.4. The van der Waals surface area contributed by atoms with E-state index in [0.29, 0.717) is 12.3 Å². The zero-order valence-corrected chi connectivity index (χ0v) is 32.9. The number of fused-ring (bicyclic) bond motifs is 5. The van der Waals surface area contributed by atoms with Crippen LogP contribution >= 0.6 is 0 Å². The number of allylic oxidation sites excluding steroid dienone is 4. The number of hydrogen-bond donors (Lipinski definition) is 1. The van der Waals surface area contributed by atoms with Gasteiger partial charge in [0.05, 0.1) is 30.8 Å². The molecular weight excluding hydrogens is 666 g/mol. The Kier molecular flexibility index (Phi) is 13.4. The van der Waals surface area contributed by atoms with Crippen LogP contribution in [0, 0.1) is 35.5 Å². The number of hydrogen-bond acceptors (Lipinski definition) is 11. The summed E-state index contributed by atoms with van der Waals surface area (Å²) in [5.41, 5.74) is 2.07. The predicted octanol–water partition coefficient (Wildman–Crippen LogP) is 5.54. The van der Waals surface area contributed by atoms with E-state index in [1.54, 1.807) is 21.3 Å². The monoisotopic (exact) mass is 731 g/mol. The van der Waals surface area contributed by atoms with E-state index < -0.39 is 12.4 Å². The van der Waals surface area contributed by atoms with Crippen molar-refractivity contribution in [3.63, 3.8) is 0 Å². The molecule has 5 unspecified atom stereocenters. The molecule has 3 saturated heterocycles. The van der Waals surface area contributed by atoms with Crippen molar-refractivity contribution in [3.8, 4) is 0 Å². The largest absolute Gasteiger partial charge is 0.462 e. The van der Waals surface area contributed by atoms with Crippen LogP contribution in [0.5, 0.6) is 0 Å². The highest BCUT2D eigenvalue weighted by Crippen LogP contribution is 2.56. The number of nitrogens with one attached hydrogen (secondary N) is 1. The molecule has 0 spiro atoms. The van der Waals surface area contributed by atoms with E-state index in [1.165, 1.54) is 5.57 Å². The molecule has 3 aliphatic carbocycles. The number of ether oxygens (including phenoxy) is 8. The molecule has 294 valence electrons. The van der Waals surface area contributed by atoms with Gasteiger partial charge in [-0.3, -0.25) is 9.59 Å².